The second kappa shape index (κ2) is 6.13. The van der Waals surface area contributed by atoms with Crippen molar-refractivity contribution in [2.24, 2.45) is 0 Å². The molecular formula is C13H18O4. The van der Waals surface area contributed by atoms with Crippen LogP contribution in [0.1, 0.15) is 30.1 Å². The van der Waals surface area contributed by atoms with E-state index in [1.54, 1.807) is 19.2 Å². The highest BCUT2D eigenvalue weighted by molar-refractivity contribution is 6.01. The Hall–Kier alpha value is -1.71. The zero-order valence-electron chi connectivity index (χ0n) is 10.7. The smallest absolute Gasteiger partial charge is 0.170 e. The van der Waals surface area contributed by atoms with Crippen LogP contribution in [-0.4, -0.2) is 27.1 Å². The van der Waals surface area contributed by atoms with Gasteiger partial charge >= 0.3 is 0 Å². The van der Waals surface area contributed by atoms with Crippen molar-refractivity contribution < 1.29 is 19.0 Å². The Morgan fingerprint density at radius 3 is 1.94 bits per heavy atom. The number of ether oxygens (including phenoxy) is 3. The standard InChI is InChI=1S/C13H18O4/c1-5-6-10(14)13-11(16-3)7-9(15-2)8-12(13)17-4/h7-8H,5-6H2,1-4H3. The van der Waals surface area contributed by atoms with Gasteiger partial charge in [0.2, 0.25) is 0 Å². The van der Waals surface area contributed by atoms with E-state index in [1.807, 2.05) is 6.92 Å². The highest BCUT2D eigenvalue weighted by Crippen LogP contribution is 2.34. The van der Waals surface area contributed by atoms with Gasteiger partial charge in [-0.25, -0.2) is 0 Å². The first-order chi connectivity index (χ1) is 8.17. The Labute approximate surface area is 101 Å². The van der Waals surface area contributed by atoms with E-state index in [4.69, 9.17) is 14.2 Å². The van der Waals surface area contributed by atoms with Gasteiger partial charge in [-0.15, -0.1) is 0 Å². The van der Waals surface area contributed by atoms with Crippen LogP contribution >= 0.6 is 0 Å². The molecule has 0 aliphatic carbocycles. The quantitative estimate of drug-likeness (QED) is 0.715. The van der Waals surface area contributed by atoms with Gasteiger partial charge in [0.15, 0.2) is 5.78 Å². The van der Waals surface area contributed by atoms with Gasteiger partial charge in [0, 0.05) is 18.6 Å². The second-order valence-electron chi connectivity index (χ2n) is 3.58. The van der Waals surface area contributed by atoms with Crippen molar-refractivity contribution >= 4 is 5.78 Å². The lowest BCUT2D eigenvalue weighted by Gasteiger charge is -2.13. The number of methoxy groups -OCH3 is 3. The molecule has 1 aromatic carbocycles. The molecule has 0 N–H and O–H groups in total. The van der Waals surface area contributed by atoms with Crippen LogP contribution in [0.5, 0.6) is 17.2 Å². The monoisotopic (exact) mass is 238 g/mol. The van der Waals surface area contributed by atoms with Crippen LogP contribution in [0.4, 0.5) is 0 Å². The highest BCUT2D eigenvalue weighted by Gasteiger charge is 2.19. The van der Waals surface area contributed by atoms with Gasteiger partial charge in [-0.3, -0.25) is 4.79 Å². The Bertz CT molecular complexity index is 373. The molecule has 0 radical (unpaired) electrons. The van der Waals surface area contributed by atoms with Crippen molar-refractivity contribution in [3.63, 3.8) is 0 Å². The van der Waals surface area contributed by atoms with E-state index in [9.17, 15) is 4.79 Å². The summed E-state index contributed by atoms with van der Waals surface area (Å²) in [4.78, 5) is 12.0. The van der Waals surface area contributed by atoms with Crippen LogP contribution in [0.2, 0.25) is 0 Å². The Morgan fingerprint density at radius 1 is 1.06 bits per heavy atom. The van der Waals surface area contributed by atoms with Crippen LogP contribution in [0.25, 0.3) is 0 Å². The average molecular weight is 238 g/mol. The van der Waals surface area contributed by atoms with Crippen molar-refractivity contribution in [3.05, 3.63) is 17.7 Å². The minimum Gasteiger partial charge on any atom is -0.496 e. The molecule has 1 aromatic rings. The number of benzene rings is 1. The summed E-state index contributed by atoms with van der Waals surface area (Å²) >= 11 is 0. The first kappa shape index (κ1) is 13.4. The molecule has 0 fully saturated rings. The van der Waals surface area contributed by atoms with Crippen molar-refractivity contribution in [2.45, 2.75) is 19.8 Å². The number of ketones is 1. The third kappa shape index (κ3) is 2.90. The van der Waals surface area contributed by atoms with E-state index in [0.717, 1.165) is 6.42 Å². The maximum absolute atomic E-state index is 12.0. The molecule has 0 aliphatic rings. The van der Waals surface area contributed by atoms with E-state index in [2.05, 4.69) is 0 Å². The fourth-order valence-electron chi connectivity index (χ4n) is 1.63. The summed E-state index contributed by atoms with van der Waals surface area (Å²) in [6, 6.07) is 3.37. The summed E-state index contributed by atoms with van der Waals surface area (Å²) < 4.78 is 15.6. The summed E-state index contributed by atoms with van der Waals surface area (Å²) in [5, 5.41) is 0. The second-order valence-corrected chi connectivity index (χ2v) is 3.58. The van der Waals surface area contributed by atoms with Gasteiger partial charge in [-0.05, 0) is 6.42 Å². The van der Waals surface area contributed by atoms with Crippen molar-refractivity contribution in [1.29, 1.82) is 0 Å². The number of Topliss-reactive ketones (excluding diaryl/α,β-unsaturated/α-hetero) is 1. The molecule has 4 heteroatoms. The minimum atomic E-state index is 0.0175. The number of rotatable bonds is 6. The summed E-state index contributed by atoms with van der Waals surface area (Å²) in [6.07, 6.45) is 1.26. The van der Waals surface area contributed by atoms with Gasteiger partial charge in [0.05, 0.1) is 21.3 Å². The first-order valence-electron chi connectivity index (χ1n) is 5.51. The Kier molecular flexibility index (Phi) is 4.82. The fraction of sp³-hybridized carbons (Fsp3) is 0.462. The van der Waals surface area contributed by atoms with E-state index >= 15 is 0 Å². The predicted octanol–water partition coefficient (Wildman–Crippen LogP) is 2.70. The summed E-state index contributed by atoms with van der Waals surface area (Å²) in [7, 11) is 4.61. The molecule has 4 nitrogen and oxygen atoms in total. The topological polar surface area (TPSA) is 44.8 Å². The lowest BCUT2D eigenvalue weighted by Crippen LogP contribution is -2.05. The molecule has 0 bridgehead atoms. The Morgan fingerprint density at radius 2 is 1.59 bits per heavy atom. The number of hydrogen-bond acceptors (Lipinski definition) is 4. The van der Waals surface area contributed by atoms with E-state index < -0.39 is 0 Å². The maximum atomic E-state index is 12.0. The number of carbonyl (C=O) groups is 1. The van der Waals surface area contributed by atoms with Crippen molar-refractivity contribution in [3.8, 4) is 17.2 Å². The van der Waals surface area contributed by atoms with Crippen molar-refractivity contribution in [2.75, 3.05) is 21.3 Å². The highest BCUT2D eigenvalue weighted by atomic mass is 16.5. The zero-order chi connectivity index (χ0) is 12.8. The van der Waals surface area contributed by atoms with Crippen LogP contribution < -0.4 is 14.2 Å². The molecule has 94 valence electrons. The Balaban J connectivity index is 3.29. The summed E-state index contributed by atoms with van der Waals surface area (Å²) in [6.45, 7) is 1.96. The molecule has 0 amide bonds. The van der Waals surface area contributed by atoms with Crippen LogP contribution in [-0.2, 0) is 0 Å². The fourth-order valence-corrected chi connectivity index (χ4v) is 1.63. The van der Waals surface area contributed by atoms with Gasteiger partial charge in [-0.1, -0.05) is 6.92 Å². The average Bonchev–Trinajstić information content (AvgIpc) is 2.37. The normalized spacial score (nSPS) is 9.88. The minimum absolute atomic E-state index is 0.0175. The molecule has 0 saturated carbocycles. The van der Waals surface area contributed by atoms with Gasteiger partial charge < -0.3 is 14.2 Å². The lowest BCUT2D eigenvalue weighted by atomic mass is 10.0. The molecule has 0 saturated heterocycles. The third-order valence-corrected chi connectivity index (χ3v) is 2.47. The van der Waals surface area contributed by atoms with E-state index in [1.165, 1.54) is 14.2 Å². The van der Waals surface area contributed by atoms with Crippen molar-refractivity contribution in [1.82, 2.24) is 0 Å². The molecule has 0 atom stereocenters. The SMILES string of the molecule is CCCC(=O)c1c(OC)cc(OC)cc1OC. The molecule has 0 spiro atoms. The van der Waals surface area contributed by atoms with Gasteiger partial charge in [0.1, 0.15) is 22.8 Å². The lowest BCUT2D eigenvalue weighted by molar-refractivity contribution is 0.0975. The molecular weight excluding hydrogens is 220 g/mol. The van der Waals surface area contributed by atoms with E-state index in [-0.39, 0.29) is 5.78 Å². The first-order valence-corrected chi connectivity index (χ1v) is 5.51. The largest absolute Gasteiger partial charge is 0.496 e. The predicted molar refractivity (Wildman–Crippen MR) is 65.3 cm³/mol. The molecule has 17 heavy (non-hydrogen) atoms. The molecule has 0 aliphatic heterocycles. The van der Waals surface area contributed by atoms with Gasteiger partial charge in [0.25, 0.3) is 0 Å². The maximum Gasteiger partial charge on any atom is 0.170 e. The third-order valence-electron chi connectivity index (χ3n) is 2.47. The molecule has 1 rings (SSSR count). The van der Waals surface area contributed by atoms with Crippen LogP contribution in [0, 0.1) is 0 Å². The summed E-state index contributed by atoms with van der Waals surface area (Å²) in [5.74, 6) is 1.59. The van der Waals surface area contributed by atoms with Crippen LogP contribution in [0.3, 0.4) is 0 Å². The number of hydrogen-bond donors (Lipinski definition) is 0. The number of carbonyl (C=O) groups excluding carboxylic acids is 1. The van der Waals surface area contributed by atoms with Crippen LogP contribution in [0.15, 0.2) is 12.1 Å². The molecule has 0 aromatic heterocycles. The zero-order valence-corrected chi connectivity index (χ0v) is 10.7. The molecule has 0 heterocycles. The summed E-state index contributed by atoms with van der Waals surface area (Å²) in [5.41, 5.74) is 0.484. The molecule has 0 unspecified atom stereocenters. The van der Waals surface area contributed by atoms with Gasteiger partial charge in [-0.2, -0.15) is 0 Å². The van der Waals surface area contributed by atoms with E-state index in [0.29, 0.717) is 29.2 Å².